The number of halogens is 1. The summed E-state index contributed by atoms with van der Waals surface area (Å²) in [5.74, 6) is 0.795. The van der Waals surface area contributed by atoms with Crippen LogP contribution in [-0.4, -0.2) is 10.3 Å². The van der Waals surface area contributed by atoms with E-state index in [1.54, 1.807) is 0 Å². The topological polar surface area (TPSA) is 18.1 Å². The van der Waals surface area contributed by atoms with Crippen molar-refractivity contribution >= 4 is 72.3 Å². The summed E-state index contributed by atoms with van der Waals surface area (Å²) >= 11 is 8.35. The number of benzene rings is 7. The van der Waals surface area contributed by atoms with Crippen LogP contribution in [0.3, 0.4) is 0 Å². The van der Waals surface area contributed by atoms with Gasteiger partial charge >= 0.3 is 0 Å². The van der Waals surface area contributed by atoms with Crippen molar-refractivity contribution in [3.05, 3.63) is 172 Å². The lowest BCUT2D eigenvalue weighted by molar-refractivity contribution is 0.668. The number of thiol groups is 1. The Morgan fingerprint density at radius 2 is 1.22 bits per heavy atom. The largest absolute Gasteiger partial charge is 0.456 e. The molecule has 4 heteroatoms. The molecule has 9 aromatic rings. The van der Waals surface area contributed by atoms with Crippen LogP contribution in [0.5, 0.6) is 0 Å². The molecule has 0 bridgehead atoms. The molecule has 49 heavy (non-hydrogen) atoms. The van der Waals surface area contributed by atoms with Crippen molar-refractivity contribution in [3.63, 3.8) is 0 Å². The Morgan fingerprint density at radius 1 is 0.571 bits per heavy atom. The van der Waals surface area contributed by atoms with E-state index in [4.69, 9.17) is 4.42 Å². The Bertz CT molecular complexity index is 2810. The van der Waals surface area contributed by atoms with Crippen LogP contribution in [0.15, 0.2) is 148 Å². The van der Waals surface area contributed by atoms with Gasteiger partial charge in [-0.15, -0.1) is 0 Å². The molecule has 1 spiro atoms. The van der Waals surface area contributed by atoms with Crippen molar-refractivity contribution in [3.8, 4) is 27.9 Å². The van der Waals surface area contributed by atoms with Crippen LogP contribution in [0.1, 0.15) is 27.8 Å². The molecule has 2 heterocycles. The molecule has 0 fully saturated rings. The van der Waals surface area contributed by atoms with Crippen LogP contribution >= 0.6 is 28.6 Å². The number of hydrogen-bond donors (Lipinski definition) is 1. The van der Waals surface area contributed by atoms with Gasteiger partial charge in [-0.2, -0.15) is 12.6 Å². The van der Waals surface area contributed by atoms with E-state index in [1.807, 2.05) is 0 Å². The van der Waals surface area contributed by atoms with Gasteiger partial charge in [0, 0.05) is 31.7 Å². The number of aryl methyl sites for hydroxylation is 1. The first-order chi connectivity index (χ1) is 24.2. The number of rotatable bonds is 3. The van der Waals surface area contributed by atoms with Crippen molar-refractivity contribution in [1.82, 2.24) is 4.57 Å². The second kappa shape index (κ2) is 10.0. The molecule has 0 N–H and O–H groups in total. The van der Waals surface area contributed by atoms with Gasteiger partial charge in [0.1, 0.15) is 11.2 Å². The number of hydrogen-bond acceptors (Lipinski definition) is 2. The van der Waals surface area contributed by atoms with Gasteiger partial charge in [-0.3, -0.25) is 0 Å². The summed E-state index contributed by atoms with van der Waals surface area (Å²) in [6.07, 6.45) is 0.895. The summed E-state index contributed by atoms with van der Waals surface area (Å²) in [6, 6.07) is 51.8. The molecule has 0 saturated carbocycles. The third kappa shape index (κ3) is 3.48. The molecule has 0 aliphatic heterocycles. The van der Waals surface area contributed by atoms with Crippen LogP contribution in [0.2, 0.25) is 0 Å². The predicted octanol–water partition coefficient (Wildman–Crippen LogP) is 12.3. The van der Waals surface area contributed by atoms with E-state index in [-0.39, 0.29) is 0 Å². The predicted molar refractivity (Wildman–Crippen MR) is 210 cm³/mol. The van der Waals surface area contributed by atoms with Gasteiger partial charge in [-0.1, -0.05) is 113 Å². The van der Waals surface area contributed by atoms with E-state index in [9.17, 15) is 0 Å². The standard InChI is InChI=1S/C45H28BrNOS/c46-37-23-26(21-22-49)24-41-42(37)33-25-27(17-20-40(33)48-41)47-38-16-8-4-12-32(38)43-39(47)19-18-31-30-11-3-7-15-36(30)45(44(31)43)34-13-5-1-9-28(34)29-10-2-6-14-35(29)45/h1-20,23-25,49H,21-22H2. The number of fused-ring (bicyclic) bond motifs is 17. The molecule has 11 rings (SSSR count). The second-order valence-electron chi connectivity index (χ2n) is 13.3. The van der Waals surface area contributed by atoms with Gasteiger partial charge in [0.15, 0.2) is 0 Å². The minimum atomic E-state index is -0.423. The molecule has 0 amide bonds. The number of para-hydroxylation sites is 1. The van der Waals surface area contributed by atoms with E-state index in [2.05, 4.69) is 173 Å². The van der Waals surface area contributed by atoms with Crippen molar-refractivity contribution in [2.24, 2.45) is 0 Å². The Morgan fingerprint density at radius 3 is 1.94 bits per heavy atom. The zero-order valence-electron chi connectivity index (χ0n) is 26.4. The highest BCUT2D eigenvalue weighted by molar-refractivity contribution is 9.10. The van der Waals surface area contributed by atoms with Gasteiger partial charge in [0.05, 0.1) is 16.4 Å². The van der Waals surface area contributed by atoms with E-state index < -0.39 is 5.41 Å². The molecule has 0 saturated heterocycles. The first-order valence-corrected chi connectivity index (χ1v) is 18.2. The Balaban J connectivity index is 1.27. The van der Waals surface area contributed by atoms with Crippen molar-refractivity contribution < 1.29 is 4.42 Å². The fraction of sp³-hybridized carbons (Fsp3) is 0.0667. The highest BCUT2D eigenvalue weighted by atomic mass is 79.9. The summed E-state index contributed by atoms with van der Waals surface area (Å²) in [7, 11) is 0. The highest BCUT2D eigenvalue weighted by Crippen LogP contribution is 2.64. The molecular formula is C45H28BrNOS. The second-order valence-corrected chi connectivity index (χ2v) is 14.6. The lowest BCUT2D eigenvalue weighted by Gasteiger charge is -2.31. The third-order valence-corrected chi connectivity index (χ3v) is 11.9. The van der Waals surface area contributed by atoms with E-state index in [0.717, 1.165) is 44.3 Å². The molecule has 2 aliphatic carbocycles. The molecule has 0 atom stereocenters. The zero-order chi connectivity index (χ0) is 32.4. The smallest absolute Gasteiger partial charge is 0.136 e. The minimum absolute atomic E-state index is 0.423. The van der Waals surface area contributed by atoms with Gasteiger partial charge in [0.25, 0.3) is 0 Å². The van der Waals surface area contributed by atoms with Crippen molar-refractivity contribution in [2.75, 3.05) is 5.75 Å². The molecule has 0 unspecified atom stereocenters. The molecular weight excluding hydrogens is 682 g/mol. The maximum Gasteiger partial charge on any atom is 0.136 e. The maximum atomic E-state index is 6.43. The van der Waals surface area contributed by atoms with Gasteiger partial charge < -0.3 is 8.98 Å². The summed E-state index contributed by atoms with van der Waals surface area (Å²) in [6.45, 7) is 0. The number of nitrogens with zero attached hydrogens (tertiary/aromatic N) is 1. The maximum absolute atomic E-state index is 6.43. The molecule has 2 nitrogen and oxygen atoms in total. The van der Waals surface area contributed by atoms with E-state index in [1.165, 1.54) is 71.9 Å². The van der Waals surface area contributed by atoms with Crippen LogP contribution in [0.4, 0.5) is 0 Å². The number of furan rings is 1. The Kier molecular flexibility index (Phi) is 5.69. The lowest BCUT2D eigenvalue weighted by Crippen LogP contribution is -2.26. The normalized spacial score (nSPS) is 13.8. The van der Waals surface area contributed by atoms with Crippen molar-refractivity contribution in [1.29, 1.82) is 0 Å². The van der Waals surface area contributed by atoms with Crippen molar-refractivity contribution in [2.45, 2.75) is 11.8 Å². The first kappa shape index (κ1) is 27.9. The minimum Gasteiger partial charge on any atom is -0.456 e. The summed E-state index contributed by atoms with van der Waals surface area (Å²) in [4.78, 5) is 0. The summed E-state index contributed by atoms with van der Waals surface area (Å²) in [5.41, 5.74) is 16.8. The Labute approximate surface area is 297 Å². The molecule has 2 aliphatic rings. The summed E-state index contributed by atoms with van der Waals surface area (Å²) < 4.78 is 9.94. The van der Waals surface area contributed by atoms with Crippen LogP contribution in [-0.2, 0) is 11.8 Å². The first-order valence-electron chi connectivity index (χ1n) is 16.8. The average Bonchev–Trinajstić information content (AvgIpc) is 3.85. The van der Waals surface area contributed by atoms with Crippen LogP contribution in [0.25, 0.3) is 71.7 Å². The van der Waals surface area contributed by atoms with Gasteiger partial charge in [0.2, 0.25) is 0 Å². The lowest BCUT2D eigenvalue weighted by atomic mass is 9.69. The number of aromatic nitrogens is 1. The highest BCUT2D eigenvalue weighted by Gasteiger charge is 2.52. The monoisotopic (exact) mass is 709 g/mol. The molecule has 7 aromatic carbocycles. The summed E-state index contributed by atoms with van der Waals surface area (Å²) in [5, 5.41) is 4.78. The van der Waals surface area contributed by atoms with Crippen LogP contribution in [0, 0.1) is 0 Å². The third-order valence-electron chi connectivity index (χ3n) is 11.0. The fourth-order valence-corrected chi connectivity index (χ4v) is 10.2. The van der Waals surface area contributed by atoms with Gasteiger partial charge in [-0.25, -0.2) is 0 Å². The molecule has 232 valence electrons. The van der Waals surface area contributed by atoms with Crippen LogP contribution < -0.4 is 0 Å². The SMILES string of the molecule is SCCc1cc(Br)c2c(c1)oc1ccc(-n3c4ccccc4c4c5c(ccc43)-c3ccccc3C53c4ccccc4-c4ccccc43)cc12. The average molecular weight is 711 g/mol. The molecule has 2 aromatic heterocycles. The molecule has 0 radical (unpaired) electrons. The van der Waals surface area contributed by atoms with E-state index >= 15 is 0 Å². The quantitative estimate of drug-likeness (QED) is 0.181. The zero-order valence-corrected chi connectivity index (χ0v) is 28.9. The van der Waals surface area contributed by atoms with E-state index in [0.29, 0.717) is 0 Å². The van der Waals surface area contributed by atoms with Gasteiger partial charge in [-0.05, 0) is 105 Å². The Hall–Kier alpha value is -5.03. The fourth-order valence-electron chi connectivity index (χ4n) is 9.24.